The molecule has 0 aliphatic rings. The Morgan fingerprint density at radius 2 is 2.04 bits per heavy atom. The fraction of sp³-hybridized carbons (Fsp3) is 0.529. The molecule has 6 heteroatoms. The van der Waals surface area contributed by atoms with Crippen molar-refractivity contribution in [3.63, 3.8) is 0 Å². The molecular formula is C17H24N2O4. The molecule has 3 N–H and O–H groups in total. The predicted octanol–water partition coefficient (Wildman–Crippen LogP) is 2.18. The third kappa shape index (κ3) is 6.27. The van der Waals surface area contributed by atoms with E-state index in [0.29, 0.717) is 11.1 Å². The number of rotatable bonds is 5. The summed E-state index contributed by atoms with van der Waals surface area (Å²) in [5.41, 5.74) is 1.00. The van der Waals surface area contributed by atoms with E-state index in [-0.39, 0.29) is 13.0 Å². The van der Waals surface area contributed by atoms with Crippen LogP contribution < -0.4 is 5.32 Å². The van der Waals surface area contributed by atoms with E-state index in [4.69, 9.17) is 10.00 Å². The molecule has 1 aromatic rings. The van der Waals surface area contributed by atoms with Gasteiger partial charge in [0, 0.05) is 12.1 Å². The van der Waals surface area contributed by atoms with Crippen LogP contribution in [0.2, 0.25) is 0 Å². The van der Waals surface area contributed by atoms with Gasteiger partial charge in [-0.3, -0.25) is 0 Å². The van der Waals surface area contributed by atoms with Crippen molar-refractivity contribution in [1.82, 2.24) is 5.32 Å². The molecule has 2 unspecified atom stereocenters. The molecule has 0 saturated carbocycles. The molecule has 0 heterocycles. The highest BCUT2D eigenvalue weighted by Gasteiger charge is 2.22. The number of hydrogen-bond acceptors (Lipinski definition) is 5. The van der Waals surface area contributed by atoms with Crippen molar-refractivity contribution in [2.75, 3.05) is 6.54 Å². The Morgan fingerprint density at radius 1 is 1.39 bits per heavy atom. The third-order valence-corrected chi connectivity index (χ3v) is 3.12. The Morgan fingerprint density at radius 3 is 2.61 bits per heavy atom. The zero-order valence-corrected chi connectivity index (χ0v) is 14.0. The van der Waals surface area contributed by atoms with E-state index in [1.807, 2.05) is 13.0 Å². The summed E-state index contributed by atoms with van der Waals surface area (Å²) in [5.74, 6) is 0. The molecule has 2 atom stereocenters. The van der Waals surface area contributed by atoms with E-state index in [1.165, 1.54) is 0 Å². The number of hydrogen-bond donors (Lipinski definition) is 3. The van der Waals surface area contributed by atoms with Crippen LogP contribution in [-0.2, 0) is 4.74 Å². The van der Waals surface area contributed by atoms with Gasteiger partial charge in [0.1, 0.15) is 11.7 Å². The summed E-state index contributed by atoms with van der Waals surface area (Å²) < 4.78 is 5.08. The van der Waals surface area contributed by atoms with Gasteiger partial charge in [0.15, 0.2) is 0 Å². The van der Waals surface area contributed by atoms with Gasteiger partial charge in [-0.2, -0.15) is 5.26 Å². The predicted molar refractivity (Wildman–Crippen MR) is 85.7 cm³/mol. The summed E-state index contributed by atoms with van der Waals surface area (Å²) in [6.07, 6.45) is -2.73. The lowest BCUT2D eigenvalue weighted by atomic mass is 9.96. The van der Waals surface area contributed by atoms with Gasteiger partial charge in [-0.1, -0.05) is 17.7 Å². The van der Waals surface area contributed by atoms with Gasteiger partial charge in [0.05, 0.1) is 17.7 Å². The minimum Gasteiger partial charge on any atom is -0.444 e. The molecule has 23 heavy (non-hydrogen) atoms. The second-order valence-corrected chi connectivity index (χ2v) is 6.43. The van der Waals surface area contributed by atoms with Crippen LogP contribution >= 0.6 is 0 Å². The Kier molecular flexibility index (Phi) is 6.55. The Hall–Kier alpha value is -2.10. The maximum atomic E-state index is 11.5. The highest BCUT2D eigenvalue weighted by molar-refractivity contribution is 5.67. The van der Waals surface area contributed by atoms with Crippen LogP contribution in [0.3, 0.4) is 0 Å². The molecular weight excluding hydrogens is 296 g/mol. The van der Waals surface area contributed by atoms with Crippen LogP contribution in [0.15, 0.2) is 18.2 Å². The number of aryl methyl sites for hydroxylation is 1. The summed E-state index contributed by atoms with van der Waals surface area (Å²) in [7, 11) is 0. The molecule has 126 valence electrons. The first-order chi connectivity index (χ1) is 10.6. The van der Waals surface area contributed by atoms with E-state index in [9.17, 15) is 15.0 Å². The molecule has 0 saturated heterocycles. The molecule has 0 aromatic heterocycles. The molecule has 0 aliphatic heterocycles. The van der Waals surface area contributed by atoms with Crippen LogP contribution in [0.4, 0.5) is 4.79 Å². The van der Waals surface area contributed by atoms with Gasteiger partial charge in [-0.15, -0.1) is 0 Å². The zero-order valence-electron chi connectivity index (χ0n) is 14.0. The second-order valence-electron chi connectivity index (χ2n) is 6.43. The van der Waals surface area contributed by atoms with Crippen LogP contribution in [0.1, 0.15) is 50.0 Å². The van der Waals surface area contributed by atoms with Crippen molar-refractivity contribution >= 4 is 6.09 Å². The highest BCUT2D eigenvalue weighted by atomic mass is 16.6. The summed E-state index contributed by atoms with van der Waals surface area (Å²) in [6.45, 7) is 7.26. The summed E-state index contributed by atoms with van der Waals surface area (Å²) in [4.78, 5) is 11.5. The first-order valence-electron chi connectivity index (χ1n) is 7.47. The first kappa shape index (κ1) is 18.9. The Balaban J connectivity index is 2.59. The number of aliphatic hydroxyl groups is 2. The van der Waals surface area contributed by atoms with E-state index in [2.05, 4.69) is 5.32 Å². The highest BCUT2D eigenvalue weighted by Crippen LogP contribution is 2.23. The minimum absolute atomic E-state index is 0.138. The molecule has 1 rings (SSSR count). The first-order valence-corrected chi connectivity index (χ1v) is 7.47. The smallest absolute Gasteiger partial charge is 0.407 e. The van der Waals surface area contributed by atoms with Crippen molar-refractivity contribution in [2.24, 2.45) is 0 Å². The number of alkyl carbamates (subject to hydrolysis) is 1. The van der Waals surface area contributed by atoms with Crippen LogP contribution in [0.25, 0.3) is 0 Å². The van der Waals surface area contributed by atoms with Crippen molar-refractivity contribution in [3.05, 3.63) is 34.9 Å². The number of nitriles is 1. The maximum absolute atomic E-state index is 11.5. The Labute approximate surface area is 136 Å². The molecule has 0 fully saturated rings. The molecule has 6 nitrogen and oxygen atoms in total. The molecule has 0 spiro atoms. The fourth-order valence-corrected chi connectivity index (χ4v) is 2.03. The van der Waals surface area contributed by atoms with Crippen LogP contribution in [0.5, 0.6) is 0 Å². The van der Waals surface area contributed by atoms with Crippen LogP contribution in [-0.4, -0.2) is 34.6 Å². The van der Waals surface area contributed by atoms with Crippen molar-refractivity contribution in [3.8, 4) is 6.07 Å². The maximum Gasteiger partial charge on any atom is 0.407 e. The number of aliphatic hydroxyl groups excluding tert-OH is 2. The average Bonchev–Trinajstić information content (AvgIpc) is 2.44. The standard InChI is InChI=1S/C17H24N2O4/c1-11-5-6-12(10-18)13(9-11)15(21)14(20)7-8-19-16(22)23-17(2,3)4/h5-6,9,14-15,20-21H,7-8H2,1-4H3,(H,19,22). The van der Waals surface area contributed by atoms with Gasteiger partial charge >= 0.3 is 6.09 Å². The normalized spacial score (nSPS) is 13.8. The monoisotopic (exact) mass is 320 g/mol. The van der Waals surface area contributed by atoms with Gasteiger partial charge in [0.2, 0.25) is 0 Å². The Bertz CT molecular complexity index is 587. The number of nitrogens with zero attached hydrogens (tertiary/aromatic N) is 1. The van der Waals surface area contributed by atoms with Gasteiger partial charge in [-0.25, -0.2) is 4.79 Å². The third-order valence-electron chi connectivity index (χ3n) is 3.12. The molecule has 0 aliphatic carbocycles. The van der Waals surface area contributed by atoms with Gasteiger partial charge in [-0.05, 0) is 40.2 Å². The van der Waals surface area contributed by atoms with E-state index in [0.717, 1.165) is 5.56 Å². The number of ether oxygens (including phenoxy) is 1. The van der Waals surface area contributed by atoms with Gasteiger partial charge in [0.25, 0.3) is 0 Å². The molecule has 1 aromatic carbocycles. The number of amides is 1. The number of carbonyl (C=O) groups is 1. The largest absolute Gasteiger partial charge is 0.444 e. The quantitative estimate of drug-likeness (QED) is 0.771. The lowest BCUT2D eigenvalue weighted by molar-refractivity contribution is 0.0121. The SMILES string of the molecule is Cc1ccc(C#N)c(C(O)C(O)CCNC(=O)OC(C)(C)C)c1. The molecule has 0 bridgehead atoms. The van der Waals surface area contributed by atoms with Gasteiger partial charge < -0.3 is 20.3 Å². The van der Waals surface area contributed by atoms with E-state index in [1.54, 1.807) is 39.0 Å². The van der Waals surface area contributed by atoms with Crippen LogP contribution in [0, 0.1) is 18.3 Å². The number of benzene rings is 1. The fourth-order valence-electron chi connectivity index (χ4n) is 2.03. The van der Waals surface area contributed by atoms with E-state index >= 15 is 0 Å². The van der Waals surface area contributed by atoms with Crippen molar-refractivity contribution < 1.29 is 19.7 Å². The minimum atomic E-state index is -1.19. The van der Waals surface area contributed by atoms with Crippen molar-refractivity contribution in [1.29, 1.82) is 5.26 Å². The summed E-state index contributed by atoms with van der Waals surface area (Å²) in [6, 6.07) is 7.05. The summed E-state index contributed by atoms with van der Waals surface area (Å²) in [5, 5.41) is 31.9. The molecule has 1 amide bonds. The topological polar surface area (TPSA) is 103 Å². The number of nitrogens with one attached hydrogen (secondary N) is 1. The zero-order chi connectivity index (χ0) is 17.6. The van der Waals surface area contributed by atoms with Crippen molar-refractivity contribution in [2.45, 2.75) is 51.9 Å². The number of carbonyl (C=O) groups excluding carboxylic acids is 1. The van der Waals surface area contributed by atoms with E-state index < -0.39 is 23.9 Å². The average molecular weight is 320 g/mol. The summed E-state index contributed by atoms with van der Waals surface area (Å²) >= 11 is 0. The lowest BCUT2D eigenvalue weighted by Gasteiger charge is -2.21. The lowest BCUT2D eigenvalue weighted by Crippen LogP contribution is -2.34. The second kappa shape index (κ2) is 7.95. The molecule has 0 radical (unpaired) electrons.